The highest BCUT2D eigenvalue weighted by atomic mass is 32.1. The van der Waals surface area contributed by atoms with Crippen molar-refractivity contribution in [3.63, 3.8) is 0 Å². The fraction of sp³-hybridized carbons (Fsp3) is 0.316. The van der Waals surface area contributed by atoms with Gasteiger partial charge in [-0.1, -0.05) is 30.3 Å². The second-order valence-electron chi connectivity index (χ2n) is 6.47. The van der Waals surface area contributed by atoms with Crippen molar-refractivity contribution in [1.82, 2.24) is 19.9 Å². The molecule has 1 unspecified atom stereocenters. The van der Waals surface area contributed by atoms with Gasteiger partial charge in [-0.05, 0) is 24.3 Å². The van der Waals surface area contributed by atoms with Gasteiger partial charge in [-0.15, -0.1) is 11.3 Å². The van der Waals surface area contributed by atoms with E-state index in [9.17, 15) is 4.79 Å². The molecule has 1 N–H and O–H groups in total. The van der Waals surface area contributed by atoms with E-state index in [1.54, 1.807) is 6.20 Å². The monoisotopic (exact) mass is 352 g/mol. The van der Waals surface area contributed by atoms with E-state index in [4.69, 9.17) is 0 Å². The molecule has 1 aliphatic carbocycles. The number of rotatable bonds is 6. The molecule has 2 aromatic heterocycles. The third-order valence-electron chi connectivity index (χ3n) is 4.50. The summed E-state index contributed by atoms with van der Waals surface area (Å²) >= 11 is 1.53. The smallest absolute Gasteiger partial charge is 0.271 e. The van der Waals surface area contributed by atoms with Gasteiger partial charge in [-0.25, -0.2) is 9.97 Å². The van der Waals surface area contributed by atoms with Gasteiger partial charge in [0.15, 0.2) is 0 Å². The number of aryl methyl sites for hydroxylation is 1. The molecular formula is C19H20N4OS. The molecule has 2 heterocycles. The molecule has 1 atom stereocenters. The zero-order valence-electron chi connectivity index (χ0n) is 14.1. The molecule has 1 aliphatic rings. The van der Waals surface area contributed by atoms with E-state index in [0.717, 1.165) is 30.1 Å². The fourth-order valence-electron chi connectivity index (χ4n) is 2.98. The number of hydrogen-bond donors (Lipinski definition) is 1. The Morgan fingerprint density at radius 3 is 2.84 bits per heavy atom. The second-order valence-corrected chi connectivity index (χ2v) is 7.42. The third kappa shape index (κ3) is 3.64. The van der Waals surface area contributed by atoms with E-state index in [-0.39, 0.29) is 11.9 Å². The van der Waals surface area contributed by atoms with Crippen LogP contribution in [0.2, 0.25) is 0 Å². The Morgan fingerprint density at radius 1 is 1.36 bits per heavy atom. The molecule has 6 heteroatoms. The Bertz CT molecular complexity index is 866. The van der Waals surface area contributed by atoms with Crippen molar-refractivity contribution in [2.75, 3.05) is 0 Å². The van der Waals surface area contributed by atoms with E-state index in [1.807, 2.05) is 41.4 Å². The van der Waals surface area contributed by atoms with Crippen LogP contribution in [0.3, 0.4) is 0 Å². The van der Waals surface area contributed by atoms with Crippen LogP contribution in [-0.2, 0) is 13.5 Å². The minimum absolute atomic E-state index is 0.0354. The summed E-state index contributed by atoms with van der Waals surface area (Å²) in [5.41, 5.74) is 1.70. The maximum Gasteiger partial charge on any atom is 0.271 e. The van der Waals surface area contributed by atoms with Crippen LogP contribution in [0.15, 0.2) is 48.1 Å². The van der Waals surface area contributed by atoms with Crippen LogP contribution in [0.5, 0.6) is 0 Å². The topological polar surface area (TPSA) is 59.8 Å². The van der Waals surface area contributed by atoms with E-state index >= 15 is 0 Å². The van der Waals surface area contributed by atoms with Crippen molar-refractivity contribution in [2.45, 2.75) is 25.3 Å². The summed E-state index contributed by atoms with van der Waals surface area (Å²) < 4.78 is 1.98. The molecule has 0 saturated heterocycles. The number of carbonyl (C=O) groups excluding carboxylic acids is 1. The van der Waals surface area contributed by atoms with Gasteiger partial charge in [0.25, 0.3) is 5.91 Å². The summed E-state index contributed by atoms with van der Waals surface area (Å²) in [5.74, 6) is 1.28. The number of hydrogen-bond acceptors (Lipinski definition) is 4. The molecule has 0 aliphatic heterocycles. The second kappa shape index (κ2) is 6.80. The summed E-state index contributed by atoms with van der Waals surface area (Å²) in [5, 5.41) is 5.94. The molecule has 4 rings (SSSR count). The molecule has 1 aromatic carbocycles. The lowest BCUT2D eigenvalue weighted by molar-refractivity contribution is 0.0924. The van der Waals surface area contributed by atoms with Crippen molar-refractivity contribution < 1.29 is 4.79 Å². The lowest BCUT2D eigenvalue weighted by atomic mass is 10.1. The van der Waals surface area contributed by atoms with Crippen LogP contribution in [0.25, 0.3) is 0 Å². The number of amides is 1. The van der Waals surface area contributed by atoms with Gasteiger partial charge >= 0.3 is 0 Å². The van der Waals surface area contributed by atoms with Crippen LogP contribution >= 0.6 is 11.3 Å². The SMILES string of the molecule is Cn1ccnc1C(NC(=O)c1csc(Cc2ccccc2)n1)C1CC1. The van der Waals surface area contributed by atoms with Gasteiger partial charge in [-0.2, -0.15) is 0 Å². The number of benzene rings is 1. The van der Waals surface area contributed by atoms with Crippen molar-refractivity contribution >= 4 is 17.2 Å². The van der Waals surface area contributed by atoms with Crippen molar-refractivity contribution in [3.05, 3.63) is 70.2 Å². The van der Waals surface area contributed by atoms with E-state index in [1.165, 1.54) is 16.9 Å². The summed E-state index contributed by atoms with van der Waals surface area (Å²) in [6.45, 7) is 0. The maximum absolute atomic E-state index is 12.7. The van der Waals surface area contributed by atoms with Crippen LogP contribution < -0.4 is 5.32 Å². The van der Waals surface area contributed by atoms with Crippen molar-refractivity contribution in [2.24, 2.45) is 13.0 Å². The van der Waals surface area contributed by atoms with Gasteiger partial charge in [0.2, 0.25) is 0 Å². The summed E-state index contributed by atoms with van der Waals surface area (Å²) in [6, 6.07) is 10.1. The van der Waals surface area contributed by atoms with Crippen LogP contribution in [0, 0.1) is 5.92 Å². The van der Waals surface area contributed by atoms with Crippen molar-refractivity contribution in [1.29, 1.82) is 0 Å². The predicted molar refractivity (Wildman–Crippen MR) is 97.5 cm³/mol. The molecule has 128 valence electrons. The summed E-state index contributed by atoms with van der Waals surface area (Å²) in [4.78, 5) is 21.6. The van der Waals surface area contributed by atoms with E-state index in [2.05, 4.69) is 27.4 Å². The molecule has 0 spiro atoms. The molecule has 3 aromatic rings. The van der Waals surface area contributed by atoms with E-state index in [0.29, 0.717) is 11.6 Å². The minimum atomic E-state index is -0.115. The normalized spacial score (nSPS) is 15.1. The number of thiazole rings is 1. The Balaban J connectivity index is 1.46. The van der Waals surface area contributed by atoms with Gasteiger partial charge in [0.1, 0.15) is 11.5 Å². The molecule has 0 bridgehead atoms. The number of imidazole rings is 1. The minimum Gasteiger partial charge on any atom is -0.340 e. The number of nitrogens with zero attached hydrogens (tertiary/aromatic N) is 3. The number of carbonyl (C=O) groups is 1. The largest absolute Gasteiger partial charge is 0.340 e. The molecular weight excluding hydrogens is 332 g/mol. The third-order valence-corrected chi connectivity index (χ3v) is 5.35. The predicted octanol–water partition coefficient (Wildman–Crippen LogP) is 3.35. The highest BCUT2D eigenvalue weighted by Gasteiger charge is 2.36. The van der Waals surface area contributed by atoms with Gasteiger partial charge in [0.05, 0.1) is 11.0 Å². The Hall–Kier alpha value is -2.47. The molecule has 1 fully saturated rings. The first-order valence-corrected chi connectivity index (χ1v) is 9.35. The average molecular weight is 352 g/mol. The van der Waals surface area contributed by atoms with Gasteiger partial charge in [0, 0.05) is 31.2 Å². The van der Waals surface area contributed by atoms with Crippen molar-refractivity contribution in [3.8, 4) is 0 Å². The maximum atomic E-state index is 12.7. The quantitative estimate of drug-likeness (QED) is 0.740. The van der Waals surface area contributed by atoms with E-state index < -0.39 is 0 Å². The summed E-state index contributed by atoms with van der Waals surface area (Å²) in [7, 11) is 1.96. The molecule has 25 heavy (non-hydrogen) atoms. The average Bonchev–Trinajstić information content (AvgIpc) is 3.21. The van der Waals surface area contributed by atoms with Crippen LogP contribution in [0.1, 0.15) is 45.8 Å². The standard InChI is InChI=1S/C19H20N4OS/c1-23-10-9-20-18(23)17(14-7-8-14)22-19(24)15-12-25-16(21-15)11-13-5-3-2-4-6-13/h2-6,9-10,12,14,17H,7-8,11H2,1H3,(H,22,24). The first-order valence-electron chi connectivity index (χ1n) is 8.47. The van der Waals surface area contributed by atoms with Crippen LogP contribution in [0.4, 0.5) is 0 Å². The number of aromatic nitrogens is 3. The van der Waals surface area contributed by atoms with Gasteiger partial charge < -0.3 is 9.88 Å². The first kappa shape index (κ1) is 16.0. The number of nitrogens with one attached hydrogen (secondary N) is 1. The highest BCUT2D eigenvalue weighted by Crippen LogP contribution is 2.40. The Morgan fingerprint density at radius 2 is 2.16 bits per heavy atom. The molecule has 0 radical (unpaired) electrons. The molecule has 5 nitrogen and oxygen atoms in total. The Labute approximate surface area is 150 Å². The molecule has 1 amide bonds. The zero-order valence-corrected chi connectivity index (χ0v) is 14.9. The first-order chi connectivity index (χ1) is 12.2. The lowest BCUT2D eigenvalue weighted by Gasteiger charge is -2.17. The zero-order chi connectivity index (χ0) is 17.2. The molecule has 1 saturated carbocycles. The lowest BCUT2D eigenvalue weighted by Crippen LogP contribution is -2.31. The van der Waals surface area contributed by atoms with Crippen LogP contribution in [-0.4, -0.2) is 20.4 Å². The fourth-order valence-corrected chi connectivity index (χ4v) is 3.79. The Kier molecular flexibility index (Phi) is 4.36. The summed E-state index contributed by atoms with van der Waals surface area (Å²) in [6.07, 6.45) is 6.71. The highest BCUT2D eigenvalue weighted by molar-refractivity contribution is 7.09. The van der Waals surface area contributed by atoms with Gasteiger partial charge in [-0.3, -0.25) is 4.79 Å².